The van der Waals surface area contributed by atoms with Crippen molar-refractivity contribution in [1.82, 2.24) is 10.2 Å². The van der Waals surface area contributed by atoms with Crippen LogP contribution >= 0.6 is 11.8 Å². The standard InChI is InChI=1S/C19H18FN3O2S/c20-14-4-2-13(3-5-14)17-7-6-16(25-17)11-22-18(24)10-15-12-26-19-21-8-1-9-23(15)19/h2-7,12H,1,8-11H2,(H,22,24). The second-order valence-corrected chi connectivity index (χ2v) is 6.96. The highest BCUT2D eigenvalue weighted by Gasteiger charge is 2.26. The summed E-state index contributed by atoms with van der Waals surface area (Å²) in [6, 6.07) is 9.76. The first-order valence-corrected chi connectivity index (χ1v) is 9.36. The van der Waals surface area contributed by atoms with Gasteiger partial charge in [-0.1, -0.05) is 11.8 Å². The number of aliphatic imine (C=N–C) groups is 1. The predicted octanol–water partition coefficient (Wildman–Crippen LogP) is 3.74. The van der Waals surface area contributed by atoms with Gasteiger partial charge in [0.2, 0.25) is 5.91 Å². The molecular weight excluding hydrogens is 353 g/mol. The van der Waals surface area contributed by atoms with Crippen LogP contribution in [0.4, 0.5) is 4.39 Å². The van der Waals surface area contributed by atoms with Gasteiger partial charge in [-0.05, 0) is 48.2 Å². The van der Waals surface area contributed by atoms with Crippen molar-refractivity contribution in [2.45, 2.75) is 19.4 Å². The number of nitrogens with zero attached hydrogens (tertiary/aromatic N) is 2. The van der Waals surface area contributed by atoms with Crippen molar-refractivity contribution in [3.05, 3.63) is 59.1 Å². The topological polar surface area (TPSA) is 57.8 Å². The molecule has 134 valence electrons. The fourth-order valence-corrected chi connectivity index (χ4v) is 3.88. The molecule has 2 aliphatic rings. The first-order valence-electron chi connectivity index (χ1n) is 8.48. The van der Waals surface area contributed by atoms with E-state index in [9.17, 15) is 9.18 Å². The van der Waals surface area contributed by atoms with Crippen molar-refractivity contribution in [3.8, 4) is 11.3 Å². The number of nitrogens with one attached hydrogen (secondary N) is 1. The number of halogens is 1. The third-order valence-electron chi connectivity index (χ3n) is 4.26. The number of hydrogen-bond donors (Lipinski definition) is 1. The number of rotatable bonds is 5. The molecular formula is C19H18FN3O2S. The first kappa shape index (κ1) is 16.9. The molecule has 0 saturated carbocycles. The van der Waals surface area contributed by atoms with E-state index in [1.165, 1.54) is 12.1 Å². The molecule has 0 saturated heterocycles. The lowest BCUT2D eigenvalue weighted by Crippen LogP contribution is -2.32. The van der Waals surface area contributed by atoms with Gasteiger partial charge in [-0.25, -0.2) is 4.39 Å². The Morgan fingerprint density at radius 2 is 2.12 bits per heavy atom. The zero-order chi connectivity index (χ0) is 17.9. The van der Waals surface area contributed by atoms with Crippen molar-refractivity contribution in [2.75, 3.05) is 13.1 Å². The highest BCUT2D eigenvalue weighted by molar-refractivity contribution is 8.16. The molecule has 4 rings (SSSR count). The summed E-state index contributed by atoms with van der Waals surface area (Å²) in [6.45, 7) is 2.10. The summed E-state index contributed by atoms with van der Waals surface area (Å²) in [6.07, 6.45) is 1.35. The smallest absolute Gasteiger partial charge is 0.226 e. The van der Waals surface area contributed by atoms with Gasteiger partial charge in [-0.3, -0.25) is 9.79 Å². The summed E-state index contributed by atoms with van der Waals surface area (Å²) in [5, 5.41) is 5.88. The summed E-state index contributed by atoms with van der Waals surface area (Å²) in [7, 11) is 0. The highest BCUT2D eigenvalue weighted by Crippen LogP contribution is 2.30. The molecule has 1 aromatic heterocycles. The quantitative estimate of drug-likeness (QED) is 0.870. The van der Waals surface area contributed by atoms with Crippen LogP contribution in [-0.2, 0) is 11.3 Å². The third-order valence-corrected chi connectivity index (χ3v) is 5.21. The first-order chi connectivity index (χ1) is 12.7. The number of amidine groups is 1. The molecule has 0 fully saturated rings. The van der Waals surface area contributed by atoms with Gasteiger partial charge in [-0.2, -0.15) is 0 Å². The number of carbonyl (C=O) groups excluding carboxylic acids is 1. The number of fused-ring (bicyclic) bond motifs is 1. The molecule has 7 heteroatoms. The number of hydrogen-bond acceptors (Lipinski definition) is 5. The van der Waals surface area contributed by atoms with Gasteiger partial charge < -0.3 is 14.6 Å². The highest BCUT2D eigenvalue weighted by atomic mass is 32.2. The molecule has 1 amide bonds. The molecule has 2 aliphatic heterocycles. The van der Waals surface area contributed by atoms with E-state index in [2.05, 4.69) is 15.2 Å². The van der Waals surface area contributed by atoms with E-state index < -0.39 is 0 Å². The van der Waals surface area contributed by atoms with E-state index in [1.54, 1.807) is 23.9 Å². The van der Waals surface area contributed by atoms with Crippen LogP contribution in [0.15, 0.2) is 56.9 Å². The van der Waals surface area contributed by atoms with Crippen LogP contribution < -0.4 is 5.32 Å². The molecule has 0 bridgehead atoms. The molecule has 1 N–H and O–H groups in total. The summed E-state index contributed by atoms with van der Waals surface area (Å²) in [5.41, 5.74) is 1.80. The largest absolute Gasteiger partial charge is 0.459 e. The van der Waals surface area contributed by atoms with Crippen molar-refractivity contribution >= 4 is 22.8 Å². The van der Waals surface area contributed by atoms with Gasteiger partial charge in [0.1, 0.15) is 17.3 Å². The molecule has 1 aromatic carbocycles. The average Bonchev–Trinajstić information content (AvgIpc) is 3.28. The summed E-state index contributed by atoms with van der Waals surface area (Å²) in [5.74, 6) is 0.975. The monoisotopic (exact) mass is 371 g/mol. The van der Waals surface area contributed by atoms with Crippen molar-refractivity contribution in [3.63, 3.8) is 0 Å². The Morgan fingerprint density at radius 1 is 1.27 bits per heavy atom. The molecule has 0 radical (unpaired) electrons. The van der Waals surface area contributed by atoms with E-state index in [-0.39, 0.29) is 11.7 Å². The maximum absolute atomic E-state index is 13.0. The average molecular weight is 371 g/mol. The van der Waals surface area contributed by atoms with Crippen LogP contribution in [0.3, 0.4) is 0 Å². The Hall–Kier alpha value is -2.54. The van der Waals surface area contributed by atoms with Gasteiger partial charge in [0, 0.05) is 24.4 Å². The normalized spacial score (nSPS) is 16.1. The lowest BCUT2D eigenvalue weighted by atomic mass is 10.2. The van der Waals surface area contributed by atoms with Gasteiger partial charge in [-0.15, -0.1) is 0 Å². The molecule has 0 aliphatic carbocycles. The molecule has 0 spiro atoms. The lowest BCUT2D eigenvalue weighted by molar-refractivity contribution is -0.120. The number of thioether (sulfide) groups is 1. The van der Waals surface area contributed by atoms with Crippen LogP contribution in [0.5, 0.6) is 0 Å². The minimum Gasteiger partial charge on any atom is -0.459 e. The number of amides is 1. The van der Waals surface area contributed by atoms with E-state index >= 15 is 0 Å². The zero-order valence-corrected chi connectivity index (χ0v) is 14.9. The van der Waals surface area contributed by atoms with E-state index in [1.807, 2.05) is 17.5 Å². The Balaban J connectivity index is 1.32. The maximum Gasteiger partial charge on any atom is 0.226 e. The lowest BCUT2D eigenvalue weighted by Gasteiger charge is -2.25. The summed E-state index contributed by atoms with van der Waals surface area (Å²) >= 11 is 1.58. The Bertz CT molecular complexity index is 873. The molecule has 5 nitrogen and oxygen atoms in total. The van der Waals surface area contributed by atoms with Gasteiger partial charge in [0.05, 0.1) is 13.0 Å². The molecule has 26 heavy (non-hydrogen) atoms. The van der Waals surface area contributed by atoms with E-state index in [0.717, 1.165) is 35.9 Å². The Kier molecular flexibility index (Phi) is 4.79. The molecule has 0 unspecified atom stereocenters. The Morgan fingerprint density at radius 3 is 2.96 bits per heavy atom. The molecule has 2 aromatic rings. The van der Waals surface area contributed by atoms with Crippen LogP contribution in [0.2, 0.25) is 0 Å². The summed E-state index contributed by atoms with van der Waals surface area (Å²) < 4.78 is 18.7. The minimum atomic E-state index is -0.283. The minimum absolute atomic E-state index is 0.0524. The zero-order valence-electron chi connectivity index (χ0n) is 14.1. The molecule has 3 heterocycles. The molecule has 0 atom stereocenters. The van der Waals surface area contributed by atoms with Gasteiger partial charge in [0.25, 0.3) is 0 Å². The number of carbonyl (C=O) groups is 1. The van der Waals surface area contributed by atoms with Crippen LogP contribution in [0.1, 0.15) is 18.6 Å². The van der Waals surface area contributed by atoms with Crippen molar-refractivity contribution < 1.29 is 13.6 Å². The fourth-order valence-electron chi connectivity index (χ4n) is 2.93. The number of benzene rings is 1. The maximum atomic E-state index is 13.0. The number of furan rings is 1. The Labute approximate surface area is 155 Å². The van der Waals surface area contributed by atoms with Gasteiger partial charge >= 0.3 is 0 Å². The van der Waals surface area contributed by atoms with Crippen LogP contribution in [-0.4, -0.2) is 29.1 Å². The predicted molar refractivity (Wildman–Crippen MR) is 99.9 cm³/mol. The van der Waals surface area contributed by atoms with Gasteiger partial charge in [0.15, 0.2) is 5.17 Å². The van der Waals surface area contributed by atoms with E-state index in [0.29, 0.717) is 24.5 Å². The van der Waals surface area contributed by atoms with Crippen molar-refractivity contribution in [2.24, 2.45) is 4.99 Å². The summed E-state index contributed by atoms with van der Waals surface area (Å²) in [4.78, 5) is 18.8. The SMILES string of the molecule is O=C(CC1=CSC2=NCCCN12)NCc1ccc(-c2ccc(F)cc2)o1. The fraction of sp³-hybridized carbons (Fsp3) is 0.263. The second kappa shape index (κ2) is 7.37. The van der Waals surface area contributed by atoms with Crippen molar-refractivity contribution in [1.29, 1.82) is 0 Å². The second-order valence-electron chi connectivity index (χ2n) is 6.12. The van der Waals surface area contributed by atoms with Crippen LogP contribution in [0.25, 0.3) is 11.3 Å². The van der Waals surface area contributed by atoms with E-state index in [4.69, 9.17) is 4.42 Å². The van der Waals surface area contributed by atoms with Crippen LogP contribution in [0, 0.1) is 5.82 Å². The third kappa shape index (κ3) is 3.67.